The molecule has 0 aliphatic heterocycles. The van der Waals surface area contributed by atoms with Crippen LogP contribution in [0.4, 0.5) is 0 Å². The molecule has 2 unspecified atom stereocenters. The molecule has 0 aromatic heterocycles. The molecule has 19 heteroatoms. The second-order valence-electron chi connectivity index (χ2n) is 28.2. The number of esters is 4. The van der Waals surface area contributed by atoms with E-state index in [0.29, 0.717) is 31.6 Å². The van der Waals surface area contributed by atoms with E-state index in [4.69, 9.17) is 37.0 Å². The Hall–Kier alpha value is -1.94. The molecule has 0 amide bonds. The minimum absolute atomic E-state index is 0.104. The van der Waals surface area contributed by atoms with Crippen molar-refractivity contribution in [1.29, 1.82) is 0 Å². The summed E-state index contributed by atoms with van der Waals surface area (Å²) in [5.74, 6) is -1.42. The Morgan fingerprint density at radius 1 is 0.281 bits per heavy atom. The van der Waals surface area contributed by atoms with Gasteiger partial charge in [0.05, 0.1) is 26.4 Å². The number of unbranched alkanes of at least 4 members (excludes halogenated alkanes) is 49. The smallest absolute Gasteiger partial charge is 0.462 e. The van der Waals surface area contributed by atoms with Gasteiger partial charge in [0, 0.05) is 25.7 Å². The van der Waals surface area contributed by atoms with E-state index in [1.54, 1.807) is 0 Å². The number of rotatable bonds is 77. The van der Waals surface area contributed by atoms with Gasteiger partial charge in [-0.3, -0.25) is 37.3 Å². The van der Waals surface area contributed by atoms with Crippen molar-refractivity contribution < 1.29 is 80.2 Å². The molecule has 0 aromatic rings. The molecule has 96 heavy (non-hydrogen) atoms. The molecule has 0 rings (SSSR count). The van der Waals surface area contributed by atoms with Crippen LogP contribution in [0.1, 0.15) is 407 Å². The summed E-state index contributed by atoms with van der Waals surface area (Å²) in [6, 6.07) is 0. The molecule has 0 saturated heterocycles. The molecular weight excluding hydrogens is 1260 g/mol. The van der Waals surface area contributed by atoms with Gasteiger partial charge >= 0.3 is 39.5 Å². The Morgan fingerprint density at radius 3 is 0.708 bits per heavy atom. The number of ether oxygens (including phenoxy) is 4. The van der Waals surface area contributed by atoms with Crippen LogP contribution in [-0.4, -0.2) is 96.7 Å². The molecule has 5 atom stereocenters. The standard InChI is InChI=1S/C77H150O17P2/c1-6-9-12-15-18-21-24-26-28-30-32-34-36-38-41-46-51-56-61-75(80)88-66-72(93-76(81)62-57-52-47-42-39-37-35-33-31-29-27-25-22-19-16-13-10-7-2)68-91-95(83,84)89-64-71(78)65-90-96(85,86)92-69-73(94-77(82)63-58-53-48-43-44-49-54-59-70(4)5)67-87-74(79)60-55-50-45-40-23-20-17-14-11-8-3/h70-73,78H,6-69H2,1-5H3,(H,83,84)(H,85,86)/t71-,72-,73-/m1/s1. The van der Waals surface area contributed by atoms with E-state index in [0.717, 1.165) is 89.9 Å². The SMILES string of the molecule is CCCCCCCCCCCCCCCCCCCCC(=O)OC[C@H](COP(=O)(O)OC[C@@H](O)COP(=O)(O)OC[C@@H](COC(=O)CCCCCCCCCCCC)OC(=O)CCCCCCCCCC(C)C)OC(=O)CCCCCCCCCCCCCCCCCCCC. The summed E-state index contributed by atoms with van der Waals surface area (Å²) in [5.41, 5.74) is 0. The van der Waals surface area contributed by atoms with Crippen LogP contribution in [0.15, 0.2) is 0 Å². The molecule has 0 heterocycles. The van der Waals surface area contributed by atoms with Crippen LogP contribution in [0.3, 0.4) is 0 Å². The monoisotopic (exact) mass is 1410 g/mol. The van der Waals surface area contributed by atoms with Crippen molar-refractivity contribution in [3.8, 4) is 0 Å². The highest BCUT2D eigenvalue weighted by Gasteiger charge is 2.30. The number of aliphatic hydroxyl groups excluding tert-OH is 1. The summed E-state index contributed by atoms with van der Waals surface area (Å²) in [4.78, 5) is 72.8. The van der Waals surface area contributed by atoms with Crippen molar-refractivity contribution in [2.45, 2.75) is 425 Å². The Kier molecular flexibility index (Phi) is 68.7. The zero-order chi connectivity index (χ0) is 70.5. The van der Waals surface area contributed by atoms with Gasteiger partial charge < -0.3 is 33.8 Å². The normalized spacial score (nSPS) is 13.9. The fraction of sp³-hybridized carbons (Fsp3) is 0.948. The van der Waals surface area contributed by atoms with Gasteiger partial charge in [-0.15, -0.1) is 0 Å². The zero-order valence-electron chi connectivity index (χ0n) is 62.5. The summed E-state index contributed by atoms with van der Waals surface area (Å²) in [6.07, 6.45) is 59.8. The van der Waals surface area contributed by atoms with E-state index in [-0.39, 0.29) is 25.7 Å². The molecule has 0 bridgehead atoms. The molecule has 0 spiro atoms. The molecule has 0 aliphatic carbocycles. The van der Waals surface area contributed by atoms with Gasteiger partial charge in [-0.1, -0.05) is 356 Å². The van der Waals surface area contributed by atoms with Gasteiger partial charge in [0.15, 0.2) is 12.2 Å². The minimum atomic E-state index is -4.96. The highest BCUT2D eigenvalue weighted by molar-refractivity contribution is 7.47. The average molecular weight is 1410 g/mol. The van der Waals surface area contributed by atoms with Crippen molar-refractivity contribution in [3.05, 3.63) is 0 Å². The van der Waals surface area contributed by atoms with Crippen LogP contribution in [-0.2, 0) is 65.4 Å². The molecule has 17 nitrogen and oxygen atoms in total. The molecule has 0 aliphatic rings. The van der Waals surface area contributed by atoms with Crippen LogP contribution in [0.25, 0.3) is 0 Å². The maximum absolute atomic E-state index is 13.1. The number of aliphatic hydroxyl groups is 1. The van der Waals surface area contributed by atoms with E-state index in [9.17, 15) is 43.2 Å². The number of phosphoric ester groups is 2. The lowest BCUT2D eigenvalue weighted by Crippen LogP contribution is -2.30. The Bertz CT molecular complexity index is 1840. The van der Waals surface area contributed by atoms with Crippen molar-refractivity contribution in [1.82, 2.24) is 0 Å². The van der Waals surface area contributed by atoms with Crippen LogP contribution < -0.4 is 0 Å². The van der Waals surface area contributed by atoms with E-state index in [1.807, 2.05) is 0 Å². The fourth-order valence-corrected chi connectivity index (χ4v) is 13.5. The first-order chi connectivity index (χ1) is 46.5. The number of carbonyl (C=O) groups excluding carboxylic acids is 4. The van der Waals surface area contributed by atoms with Crippen LogP contribution in [0, 0.1) is 5.92 Å². The molecule has 0 radical (unpaired) electrons. The Morgan fingerprint density at radius 2 is 0.479 bits per heavy atom. The average Bonchev–Trinajstić information content (AvgIpc) is 1.11. The van der Waals surface area contributed by atoms with E-state index < -0.39 is 97.5 Å². The molecule has 570 valence electrons. The lowest BCUT2D eigenvalue weighted by atomic mass is 10.0. The lowest BCUT2D eigenvalue weighted by Gasteiger charge is -2.21. The second kappa shape index (κ2) is 70.1. The third-order valence-corrected chi connectivity index (χ3v) is 19.9. The second-order valence-corrected chi connectivity index (χ2v) is 31.1. The third kappa shape index (κ3) is 70.5. The van der Waals surface area contributed by atoms with Crippen molar-refractivity contribution >= 4 is 39.5 Å². The summed E-state index contributed by atoms with van der Waals surface area (Å²) >= 11 is 0. The lowest BCUT2D eigenvalue weighted by molar-refractivity contribution is -0.161. The zero-order valence-corrected chi connectivity index (χ0v) is 64.3. The predicted octanol–water partition coefficient (Wildman–Crippen LogP) is 22.9. The van der Waals surface area contributed by atoms with Crippen molar-refractivity contribution in [3.63, 3.8) is 0 Å². The minimum Gasteiger partial charge on any atom is -0.462 e. The van der Waals surface area contributed by atoms with Crippen molar-refractivity contribution in [2.24, 2.45) is 5.92 Å². The summed E-state index contributed by atoms with van der Waals surface area (Å²) < 4.78 is 68.5. The first-order valence-electron chi connectivity index (χ1n) is 40.1. The van der Waals surface area contributed by atoms with E-state index in [2.05, 4.69) is 34.6 Å². The van der Waals surface area contributed by atoms with E-state index in [1.165, 1.54) is 231 Å². The van der Waals surface area contributed by atoms with Crippen LogP contribution >= 0.6 is 15.6 Å². The van der Waals surface area contributed by atoms with Gasteiger partial charge in [0.25, 0.3) is 0 Å². The maximum atomic E-state index is 13.1. The molecule has 0 saturated carbocycles. The Balaban J connectivity index is 5.20. The summed E-state index contributed by atoms with van der Waals surface area (Å²) in [6.45, 7) is 7.23. The molecule has 0 fully saturated rings. The summed E-state index contributed by atoms with van der Waals surface area (Å²) in [5, 5.41) is 10.6. The maximum Gasteiger partial charge on any atom is 0.472 e. The van der Waals surface area contributed by atoms with Gasteiger partial charge in [-0.2, -0.15) is 0 Å². The quantitative estimate of drug-likeness (QED) is 0.0222. The van der Waals surface area contributed by atoms with Gasteiger partial charge in [0.2, 0.25) is 0 Å². The number of hydrogen-bond donors (Lipinski definition) is 3. The first kappa shape index (κ1) is 94.1. The van der Waals surface area contributed by atoms with Gasteiger partial charge in [0.1, 0.15) is 19.3 Å². The van der Waals surface area contributed by atoms with E-state index >= 15 is 0 Å². The Labute approximate surface area is 588 Å². The predicted molar refractivity (Wildman–Crippen MR) is 391 cm³/mol. The molecule has 0 aromatic carbocycles. The molecular formula is C77H150O17P2. The number of carbonyl (C=O) groups is 4. The first-order valence-corrected chi connectivity index (χ1v) is 43.1. The number of phosphoric acid groups is 2. The highest BCUT2D eigenvalue weighted by atomic mass is 31.2. The topological polar surface area (TPSA) is 237 Å². The summed E-state index contributed by atoms with van der Waals surface area (Å²) in [7, 11) is -9.91. The third-order valence-electron chi connectivity index (χ3n) is 18.0. The van der Waals surface area contributed by atoms with Crippen LogP contribution in [0.5, 0.6) is 0 Å². The van der Waals surface area contributed by atoms with Crippen LogP contribution in [0.2, 0.25) is 0 Å². The number of hydrogen-bond acceptors (Lipinski definition) is 15. The van der Waals surface area contributed by atoms with Gasteiger partial charge in [-0.05, 0) is 31.6 Å². The van der Waals surface area contributed by atoms with Crippen molar-refractivity contribution in [2.75, 3.05) is 39.6 Å². The highest BCUT2D eigenvalue weighted by Crippen LogP contribution is 2.45. The molecule has 3 N–H and O–H groups in total. The van der Waals surface area contributed by atoms with Gasteiger partial charge in [-0.25, -0.2) is 9.13 Å². The fourth-order valence-electron chi connectivity index (χ4n) is 11.9. The largest absolute Gasteiger partial charge is 0.472 e.